The summed E-state index contributed by atoms with van der Waals surface area (Å²) in [5, 5.41) is 3.56. The van der Waals surface area contributed by atoms with E-state index in [0.717, 1.165) is 12.8 Å². The van der Waals surface area contributed by atoms with Gasteiger partial charge < -0.3 is 10.2 Å². The standard InChI is InChI=1S/C21H25N3O3S.ClH/c1-23(19-7-3-2-4-8-19)28(26,27)20-9-5-6-16(14-20)21(25)24-13-12-17-10-11-18(15-24)22-17;/h2-9,14,17-18,22H,10-13,15H2,1H3;1H. The highest BCUT2D eigenvalue weighted by Gasteiger charge is 2.32. The number of anilines is 1. The molecule has 2 unspecified atom stereocenters. The second-order valence-corrected chi connectivity index (χ2v) is 9.48. The van der Waals surface area contributed by atoms with E-state index in [0.29, 0.717) is 36.4 Å². The van der Waals surface area contributed by atoms with Gasteiger partial charge in [0.2, 0.25) is 0 Å². The van der Waals surface area contributed by atoms with Crippen LogP contribution >= 0.6 is 12.4 Å². The van der Waals surface area contributed by atoms with E-state index < -0.39 is 10.0 Å². The predicted octanol–water partition coefficient (Wildman–Crippen LogP) is 2.90. The zero-order valence-corrected chi connectivity index (χ0v) is 18.0. The molecule has 0 spiro atoms. The first-order valence-corrected chi connectivity index (χ1v) is 11.1. The van der Waals surface area contributed by atoms with Crippen LogP contribution in [0.5, 0.6) is 0 Å². The first-order chi connectivity index (χ1) is 13.4. The van der Waals surface area contributed by atoms with Crippen molar-refractivity contribution in [1.29, 1.82) is 0 Å². The number of carbonyl (C=O) groups excluding carboxylic acids is 1. The molecule has 0 saturated carbocycles. The fraction of sp³-hybridized carbons (Fsp3) is 0.381. The third kappa shape index (κ3) is 4.42. The summed E-state index contributed by atoms with van der Waals surface area (Å²) >= 11 is 0. The average molecular weight is 436 g/mol. The first-order valence-electron chi connectivity index (χ1n) is 9.64. The maximum Gasteiger partial charge on any atom is 0.264 e. The fourth-order valence-corrected chi connectivity index (χ4v) is 5.28. The molecule has 8 heteroatoms. The number of amides is 1. The summed E-state index contributed by atoms with van der Waals surface area (Å²) in [6, 6.07) is 16.1. The fourth-order valence-electron chi connectivity index (χ4n) is 4.03. The molecule has 6 nitrogen and oxygen atoms in total. The highest BCUT2D eigenvalue weighted by atomic mass is 35.5. The number of nitrogens with zero attached hydrogens (tertiary/aromatic N) is 2. The number of para-hydroxylation sites is 1. The number of hydrogen-bond acceptors (Lipinski definition) is 4. The summed E-state index contributed by atoms with van der Waals surface area (Å²) in [7, 11) is -2.22. The van der Waals surface area contributed by atoms with Crippen molar-refractivity contribution < 1.29 is 13.2 Å². The van der Waals surface area contributed by atoms with E-state index >= 15 is 0 Å². The summed E-state index contributed by atoms with van der Waals surface area (Å²) in [6.07, 6.45) is 3.20. The average Bonchev–Trinajstić information content (AvgIpc) is 3.06. The van der Waals surface area contributed by atoms with Crippen molar-refractivity contribution in [1.82, 2.24) is 10.2 Å². The lowest BCUT2D eigenvalue weighted by Gasteiger charge is -2.25. The van der Waals surface area contributed by atoms with E-state index in [1.165, 1.54) is 29.9 Å². The number of sulfonamides is 1. The largest absolute Gasteiger partial charge is 0.337 e. The van der Waals surface area contributed by atoms with Gasteiger partial charge in [-0.05, 0) is 49.6 Å². The Morgan fingerprint density at radius 2 is 1.76 bits per heavy atom. The topological polar surface area (TPSA) is 69.7 Å². The normalized spacial score (nSPS) is 21.2. The molecule has 2 aliphatic heterocycles. The third-order valence-electron chi connectivity index (χ3n) is 5.67. The minimum Gasteiger partial charge on any atom is -0.337 e. The van der Waals surface area contributed by atoms with E-state index in [2.05, 4.69) is 5.32 Å². The highest BCUT2D eigenvalue weighted by molar-refractivity contribution is 7.92. The van der Waals surface area contributed by atoms with Gasteiger partial charge >= 0.3 is 0 Å². The van der Waals surface area contributed by atoms with Crippen LogP contribution in [0.15, 0.2) is 59.5 Å². The molecule has 156 valence electrons. The van der Waals surface area contributed by atoms with Crippen LogP contribution < -0.4 is 9.62 Å². The van der Waals surface area contributed by atoms with Crippen molar-refractivity contribution in [2.75, 3.05) is 24.4 Å². The molecule has 29 heavy (non-hydrogen) atoms. The number of carbonyl (C=O) groups is 1. The number of rotatable bonds is 4. The molecular weight excluding hydrogens is 410 g/mol. The third-order valence-corrected chi connectivity index (χ3v) is 7.45. The second-order valence-electron chi connectivity index (χ2n) is 7.51. The van der Waals surface area contributed by atoms with Crippen molar-refractivity contribution in [3.05, 3.63) is 60.2 Å². The zero-order chi connectivity index (χ0) is 19.7. The van der Waals surface area contributed by atoms with Gasteiger partial charge in [0, 0.05) is 37.8 Å². The Labute approximate surface area is 178 Å². The molecule has 4 rings (SSSR count). The Morgan fingerprint density at radius 1 is 1.03 bits per heavy atom. The molecule has 2 aromatic rings. The van der Waals surface area contributed by atoms with E-state index in [1.807, 2.05) is 11.0 Å². The van der Waals surface area contributed by atoms with Crippen molar-refractivity contribution in [2.24, 2.45) is 0 Å². The highest BCUT2D eigenvalue weighted by Crippen LogP contribution is 2.24. The smallest absolute Gasteiger partial charge is 0.264 e. The summed E-state index contributed by atoms with van der Waals surface area (Å²) in [5.74, 6) is -0.103. The van der Waals surface area contributed by atoms with Crippen LogP contribution in [0.1, 0.15) is 29.6 Å². The quantitative estimate of drug-likeness (QED) is 0.801. The van der Waals surface area contributed by atoms with Crippen LogP contribution in [0.3, 0.4) is 0 Å². The Balaban J connectivity index is 0.00000240. The Kier molecular flexibility index (Phi) is 6.51. The van der Waals surface area contributed by atoms with Crippen molar-refractivity contribution in [3.63, 3.8) is 0 Å². The van der Waals surface area contributed by atoms with E-state index in [9.17, 15) is 13.2 Å². The van der Waals surface area contributed by atoms with Gasteiger partial charge in [0.1, 0.15) is 0 Å². The number of benzene rings is 2. The summed E-state index contributed by atoms with van der Waals surface area (Å²) in [6.45, 7) is 1.38. The van der Waals surface area contributed by atoms with E-state index in [-0.39, 0.29) is 23.2 Å². The SMILES string of the molecule is CN(c1ccccc1)S(=O)(=O)c1cccc(C(=O)N2CCC3CCC(C2)N3)c1.Cl. The van der Waals surface area contributed by atoms with Gasteiger partial charge in [-0.15, -0.1) is 12.4 Å². The van der Waals surface area contributed by atoms with Crippen LogP contribution in [-0.4, -0.2) is 51.4 Å². The van der Waals surface area contributed by atoms with Crippen LogP contribution in [0.4, 0.5) is 5.69 Å². The lowest BCUT2D eigenvalue weighted by Crippen LogP contribution is -2.39. The monoisotopic (exact) mass is 435 g/mol. The molecule has 0 radical (unpaired) electrons. The molecule has 1 N–H and O–H groups in total. The number of fused-ring (bicyclic) bond motifs is 2. The zero-order valence-electron chi connectivity index (χ0n) is 16.3. The van der Waals surface area contributed by atoms with Gasteiger partial charge in [-0.25, -0.2) is 8.42 Å². The summed E-state index contributed by atoms with van der Waals surface area (Å²) in [4.78, 5) is 15.0. The van der Waals surface area contributed by atoms with Crippen LogP contribution in [0.25, 0.3) is 0 Å². The molecule has 2 saturated heterocycles. The number of halogens is 1. The number of hydrogen-bond donors (Lipinski definition) is 1. The Hall–Kier alpha value is -2.09. The van der Waals surface area contributed by atoms with Crippen molar-refractivity contribution in [2.45, 2.75) is 36.2 Å². The molecule has 2 aromatic carbocycles. The van der Waals surface area contributed by atoms with Crippen LogP contribution in [0.2, 0.25) is 0 Å². The van der Waals surface area contributed by atoms with Gasteiger partial charge in [0.15, 0.2) is 0 Å². The molecule has 2 heterocycles. The maximum absolute atomic E-state index is 13.0. The Bertz CT molecular complexity index is 968. The van der Waals surface area contributed by atoms with Crippen molar-refractivity contribution >= 4 is 34.0 Å². The van der Waals surface area contributed by atoms with Crippen molar-refractivity contribution in [3.8, 4) is 0 Å². The molecule has 1 amide bonds. The number of nitrogens with one attached hydrogen (secondary N) is 1. The molecular formula is C21H26ClN3O3S. The molecule has 2 fully saturated rings. The van der Waals surface area contributed by atoms with Crippen LogP contribution in [0, 0.1) is 0 Å². The van der Waals surface area contributed by atoms with Gasteiger partial charge in [0.05, 0.1) is 10.6 Å². The van der Waals surface area contributed by atoms with Gasteiger partial charge in [-0.2, -0.15) is 0 Å². The molecule has 0 aliphatic carbocycles. The molecule has 0 aromatic heterocycles. The Morgan fingerprint density at radius 3 is 2.52 bits per heavy atom. The van der Waals surface area contributed by atoms with Gasteiger partial charge in [-0.1, -0.05) is 24.3 Å². The molecule has 2 bridgehead atoms. The number of likely N-dealkylation sites (tertiary alicyclic amines) is 1. The van der Waals surface area contributed by atoms with E-state index in [1.54, 1.807) is 36.4 Å². The lowest BCUT2D eigenvalue weighted by molar-refractivity contribution is 0.0748. The lowest BCUT2D eigenvalue weighted by atomic mass is 10.1. The van der Waals surface area contributed by atoms with Gasteiger partial charge in [-0.3, -0.25) is 9.10 Å². The maximum atomic E-state index is 13.0. The summed E-state index contributed by atoms with van der Waals surface area (Å²) < 4.78 is 27.3. The van der Waals surface area contributed by atoms with Gasteiger partial charge in [0.25, 0.3) is 15.9 Å². The first kappa shape index (κ1) is 21.6. The molecule has 2 atom stereocenters. The predicted molar refractivity (Wildman–Crippen MR) is 116 cm³/mol. The van der Waals surface area contributed by atoms with E-state index in [4.69, 9.17) is 0 Å². The minimum absolute atomic E-state index is 0. The minimum atomic E-state index is -3.74. The van der Waals surface area contributed by atoms with Crippen LogP contribution in [-0.2, 0) is 10.0 Å². The summed E-state index contributed by atoms with van der Waals surface area (Å²) in [5.41, 5.74) is 0.995. The second kappa shape index (κ2) is 8.73. The molecule has 2 aliphatic rings.